The average Bonchev–Trinajstić information content (AvgIpc) is 2.23. The van der Waals surface area contributed by atoms with Gasteiger partial charge in [-0.3, -0.25) is 4.79 Å². The van der Waals surface area contributed by atoms with Crippen LogP contribution in [-0.2, 0) is 9.53 Å². The van der Waals surface area contributed by atoms with Crippen LogP contribution >= 0.6 is 0 Å². The molecule has 1 aliphatic rings. The van der Waals surface area contributed by atoms with Gasteiger partial charge >= 0.3 is 0 Å². The van der Waals surface area contributed by atoms with Gasteiger partial charge in [-0.15, -0.1) is 0 Å². The van der Waals surface area contributed by atoms with Gasteiger partial charge in [0.1, 0.15) is 5.60 Å². The zero-order valence-electron chi connectivity index (χ0n) is 10.8. The Morgan fingerprint density at radius 2 is 1.87 bits per heavy atom. The summed E-state index contributed by atoms with van der Waals surface area (Å²) in [6.45, 7) is 11.6. The first-order chi connectivity index (χ1) is 6.70. The molecule has 0 aromatic carbocycles. The van der Waals surface area contributed by atoms with E-state index in [1.165, 1.54) is 0 Å². The number of hydrogen-bond donors (Lipinski definition) is 0. The van der Waals surface area contributed by atoms with Gasteiger partial charge in [-0.1, -0.05) is 6.92 Å². The lowest BCUT2D eigenvalue weighted by Gasteiger charge is -2.28. The molecule has 0 radical (unpaired) electrons. The first kappa shape index (κ1) is 12.7. The standard InChI is InChI=1S/C12H23NO2/c1-7-13(6)8-9-10(14)12(4,5)15-11(9,2)3/h9H,7-8H2,1-6H3. The molecule has 88 valence electrons. The van der Waals surface area contributed by atoms with Crippen molar-refractivity contribution in [3.63, 3.8) is 0 Å². The molecule has 0 N–H and O–H groups in total. The number of Topliss-reactive ketones (excluding diaryl/α,β-unsaturated/α-hetero) is 1. The fourth-order valence-electron chi connectivity index (χ4n) is 2.26. The van der Waals surface area contributed by atoms with Crippen LogP contribution in [0.1, 0.15) is 34.6 Å². The van der Waals surface area contributed by atoms with Gasteiger partial charge in [0, 0.05) is 6.54 Å². The van der Waals surface area contributed by atoms with Crippen LogP contribution in [0.25, 0.3) is 0 Å². The van der Waals surface area contributed by atoms with Gasteiger partial charge in [-0.2, -0.15) is 0 Å². The molecule has 0 amide bonds. The zero-order valence-corrected chi connectivity index (χ0v) is 10.8. The lowest BCUT2D eigenvalue weighted by molar-refractivity contribution is -0.132. The van der Waals surface area contributed by atoms with Crippen LogP contribution in [0.5, 0.6) is 0 Å². The Labute approximate surface area is 92.8 Å². The molecule has 0 aliphatic carbocycles. The van der Waals surface area contributed by atoms with Crippen molar-refractivity contribution in [1.29, 1.82) is 0 Å². The Bertz CT molecular complexity index is 258. The van der Waals surface area contributed by atoms with Crippen LogP contribution in [-0.4, -0.2) is 42.0 Å². The molecule has 0 spiro atoms. The summed E-state index contributed by atoms with van der Waals surface area (Å²) in [5, 5.41) is 0. The fourth-order valence-corrected chi connectivity index (χ4v) is 2.26. The maximum absolute atomic E-state index is 12.1. The SMILES string of the molecule is CCN(C)CC1C(=O)C(C)(C)OC1(C)C. The Morgan fingerprint density at radius 1 is 1.33 bits per heavy atom. The number of hydrogen-bond acceptors (Lipinski definition) is 3. The van der Waals surface area contributed by atoms with Gasteiger partial charge in [-0.05, 0) is 41.3 Å². The summed E-state index contributed by atoms with van der Waals surface area (Å²) in [5.41, 5.74) is -0.966. The molecule has 0 aromatic heterocycles. The first-order valence-corrected chi connectivity index (χ1v) is 5.63. The summed E-state index contributed by atoms with van der Waals surface area (Å²) < 4.78 is 5.83. The highest BCUT2D eigenvalue weighted by Gasteiger charge is 2.53. The Kier molecular flexibility index (Phi) is 3.27. The van der Waals surface area contributed by atoms with Gasteiger partial charge < -0.3 is 9.64 Å². The highest BCUT2D eigenvalue weighted by Crippen LogP contribution is 2.39. The summed E-state index contributed by atoms with van der Waals surface area (Å²) in [4.78, 5) is 14.3. The van der Waals surface area contributed by atoms with E-state index in [1.54, 1.807) is 0 Å². The van der Waals surface area contributed by atoms with E-state index >= 15 is 0 Å². The van der Waals surface area contributed by atoms with Crippen LogP contribution in [0.3, 0.4) is 0 Å². The van der Waals surface area contributed by atoms with E-state index in [1.807, 2.05) is 34.7 Å². The molecule has 1 unspecified atom stereocenters. The van der Waals surface area contributed by atoms with Crippen molar-refractivity contribution in [3.8, 4) is 0 Å². The van der Waals surface area contributed by atoms with E-state index in [-0.39, 0.29) is 17.3 Å². The second-order valence-electron chi connectivity index (χ2n) is 5.49. The normalized spacial score (nSPS) is 28.7. The molecule has 1 rings (SSSR count). The third-order valence-electron chi connectivity index (χ3n) is 3.30. The van der Waals surface area contributed by atoms with Crippen molar-refractivity contribution >= 4 is 5.78 Å². The van der Waals surface area contributed by atoms with E-state index in [0.717, 1.165) is 13.1 Å². The Hall–Kier alpha value is -0.410. The van der Waals surface area contributed by atoms with Crippen LogP contribution in [0, 0.1) is 5.92 Å². The van der Waals surface area contributed by atoms with Crippen molar-refractivity contribution in [2.75, 3.05) is 20.1 Å². The maximum Gasteiger partial charge on any atom is 0.171 e. The lowest BCUT2D eigenvalue weighted by atomic mass is 9.86. The monoisotopic (exact) mass is 213 g/mol. The van der Waals surface area contributed by atoms with Gasteiger partial charge in [0.15, 0.2) is 5.78 Å². The minimum atomic E-state index is -0.622. The van der Waals surface area contributed by atoms with Crippen LogP contribution in [0.4, 0.5) is 0 Å². The molecular weight excluding hydrogens is 190 g/mol. The Balaban J connectivity index is 2.83. The largest absolute Gasteiger partial charge is 0.361 e. The molecule has 1 fully saturated rings. The number of ether oxygens (including phenoxy) is 1. The van der Waals surface area contributed by atoms with E-state index in [2.05, 4.69) is 11.8 Å². The number of nitrogens with zero attached hydrogens (tertiary/aromatic N) is 1. The molecule has 1 saturated heterocycles. The van der Waals surface area contributed by atoms with Crippen molar-refractivity contribution in [1.82, 2.24) is 4.90 Å². The Morgan fingerprint density at radius 3 is 2.20 bits per heavy atom. The molecule has 1 aliphatic heterocycles. The quantitative estimate of drug-likeness (QED) is 0.715. The predicted molar refractivity (Wildman–Crippen MR) is 60.9 cm³/mol. The molecule has 0 saturated carbocycles. The van der Waals surface area contributed by atoms with Crippen LogP contribution in [0.15, 0.2) is 0 Å². The second kappa shape index (κ2) is 3.87. The van der Waals surface area contributed by atoms with Gasteiger partial charge in [0.25, 0.3) is 0 Å². The molecule has 3 nitrogen and oxygen atoms in total. The number of carbonyl (C=O) groups is 1. The topological polar surface area (TPSA) is 29.5 Å². The smallest absolute Gasteiger partial charge is 0.171 e. The first-order valence-electron chi connectivity index (χ1n) is 5.63. The third-order valence-corrected chi connectivity index (χ3v) is 3.30. The number of ketones is 1. The highest BCUT2D eigenvalue weighted by atomic mass is 16.5. The maximum atomic E-state index is 12.1. The zero-order chi connectivity index (χ0) is 11.9. The van der Waals surface area contributed by atoms with E-state index in [9.17, 15) is 4.79 Å². The summed E-state index contributed by atoms with van der Waals surface area (Å²) >= 11 is 0. The van der Waals surface area contributed by atoms with Crippen molar-refractivity contribution in [2.24, 2.45) is 5.92 Å². The van der Waals surface area contributed by atoms with E-state index in [0.29, 0.717) is 0 Å². The highest BCUT2D eigenvalue weighted by molar-refractivity contribution is 5.91. The minimum Gasteiger partial charge on any atom is -0.361 e. The second-order valence-corrected chi connectivity index (χ2v) is 5.49. The molecular formula is C12H23NO2. The molecule has 1 atom stereocenters. The van der Waals surface area contributed by atoms with Crippen molar-refractivity contribution in [2.45, 2.75) is 45.8 Å². The molecule has 1 heterocycles. The van der Waals surface area contributed by atoms with Gasteiger partial charge in [0.2, 0.25) is 0 Å². The van der Waals surface area contributed by atoms with Crippen LogP contribution in [0.2, 0.25) is 0 Å². The van der Waals surface area contributed by atoms with Crippen molar-refractivity contribution < 1.29 is 9.53 Å². The fraction of sp³-hybridized carbons (Fsp3) is 0.917. The number of carbonyl (C=O) groups excluding carboxylic acids is 1. The number of rotatable bonds is 3. The average molecular weight is 213 g/mol. The summed E-state index contributed by atoms with van der Waals surface area (Å²) in [6.07, 6.45) is 0. The summed E-state index contributed by atoms with van der Waals surface area (Å²) in [5.74, 6) is 0.213. The molecule has 3 heteroatoms. The summed E-state index contributed by atoms with van der Waals surface area (Å²) in [6, 6.07) is 0. The van der Waals surface area contributed by atoms with Crippen LogP contribution < -0.4 is 0 Å². The van der Waals surface area contributed by atoms with Gasteiger partial charge in [-0.25, -0.2) is 0 Å². The van der Waals surface area contributed by atoms with Gasteiger partial charge in [0.05, 0.1) is 11.5 Å². The predicted octanol–water partition coefficient (Wildman–Crippen LogP) is 1.71. The lowest BCUT2D eigenvalue weighted by Crippen LogP contribution is -2.39. The molecule has 0 aromatic rings. The molecule has 15 heavy (non-hydrogen) atoms. The van der Waals surface area contributed by atoms with Crippen molar-refractivity contribution in [3.05, 3.63) is 0 Å². The van der Waals surface area contributed by atoms with E-state index in [4.69, 9.17) is 4.74 Å². The minimum absolute atomic E-state index is 0.0163. The molecule has 0 bridgehead atoms. The third kappa shape index (κ3) is 2.40. The summed E-state index contributed by atoms with van der Waals surface area (Å²) in [7, 11) is 2.04. The van der Waals surface area contributed by atoms with E-state index < -0.39 is 5.60 Å².